The van der Waals surface area contributed by atoms with Crippen molar-refractivity contribution in [3.63, 3.8) is 0 Å². The van der Waals surface area contributed by atoms with Crippen molar-refractivity contribution in [3.05, 3.63) is 65.7 Å². The maximum Gasteiger partial charge on any atom is 0.227 e. The Balaban J connectivity index is 0.00000288. The Morgan fingerprint density at radius 1 is 1.17 bits per heavy atom. The van der Waals surface area contributed by atoms with Crippen LogP contribution in [0.3, 0.4) is 0 Å². The molecule has 2 unspecified atom stereocenters. The fourth-order valence-electron chi connectivity index (χ4n) is 2.59. The molecule has 0 aliphatic heterocycles. The zero-order chi connectivity index (χ0) is 16.8. The molecule has 0 spiro atoms. The van der Waals surface area contributed by atoms with Crippen LogP contribution >= 0.6 is 12.4 Å². The number of rotatable bonds is 6. The van der Waals surface area contributed by atoms with Crippen LogP contribution in [0, 0.1) is 5.92 Å². The van der Waals surface area contributed by atoms with Gasteiger partial charge in [-0.25, -0.2) is 0 Å². The van der Waals surface area contributed by atoms with E-state index in [0.29, 0.717) is 6.54 Å². The number of halogens is 1. The lowest BCUT2D eigenvalue weighted by molar-refractivity contribution is -0.134. The molecule has 0 saturated carbocycles. The largest absolute Gasteiger partial charge is 0.497 e. The number of methoxy groups -OCH3 is 1. The molecule has 130 valence electrons. The summed E-state index contributed by atoms with van der Waals surface area (Å²) in [5, 5.41) is 0. The third-order valence-electron chi connectivity index (χ3n) is 4.04. The maximum atomic E-state index is 12.6. The van der Waals surface area contributed by atoms with Gasteiger partial charge in [0, 0.05) is 19.6 Å². The number of nitrogens with two attached hydrogens (primary N) is 1. The quantitative estimate of drug-likeness (QED) is 0.870. The summed E-state index contributed by atoms with van der Waals surface area (Å²) in [5.74, 6) is 0.537. The van der Waals surface area contributed by atoms with Crippen molar-refractivity contribution in [1.82, 2.24) is 4.90 Å². The van der Waals surface area contributed by atoms with Crippen molar-refractivity contribution in [2.45, 2.75) is 19.5 Å². The number of carbonyl (C=O) groups is 1. The van der Waals surface area contributed by atoms with Gasteiger partial charge in [-0.3, -0.25) is 4.79 Å². The van der Waals surface area contributed by atoms with Gasteiger partial charge >= 0.3 is 0 Å². The average molecular weight is 349 g/mol. The smallest absolute Gasteiger partial charge is 0.227 e. The molecule has 0 aliphatic rings. The van der Waals surface area contributed by atoms with Gasteiger partial charge in [-0.2, -0.15) is 0 Å². The van der Waals surface area contributed by atoms with E-state index in [4.69, 9.17) is 10.5 Å². The molecule has 0 aliphatic carbocycles. The van der Waals surface area contributed by atoms with Gasteiger partial charge in [0.1, 0.15) is 5.75 Å². The van der Waals surface area contributed by atoms with E-state index in [1.807, 2.05) is 61.5 Å². The molecule has 5 heteroatoms. The molecular weight excluding hydrogens is 324 g/mol. The van der Waals surface area contributed by atoms with Crippen LogP contribution in [-0.4, -0.2) is 25.0 Å². The molecule has 0 fully saturated rings. The van der Waals surface area contributed by atoms with E-state index in [0.717, 1.165) is 16.9 Å². The van der Waals surface area contributed by atoms with Gasteiger partial charge in [-0.1, -0.05) is 49.4 Å². The van der Waals surface area contributed by atoms with Gasteiger partial charge in [0.2, 0.25) is 5.91 Å². The maximum absolute atomic E-state index is 12.6. The van der Waals surface area contributed by atoms with Gasteiger partial charge < -0.3 is 15.4 Å². The van der Waals surface area contributed by atoms with Crippen molar-refractivity contribution in [3.8, 4) is 5.75 Å². The summed E-state index contributed by atoms with van der Waals surface area (Å²) in [6.07, 6.45) is 0. The highest BCUT2D eigenvalue weighted by Gasteiger charge is 2.24. The van der Waals surface area contributed by atoms with Crippen molar-refractivity contribution in [1.29, 1.82) is 0 Å². The third-order valence-corrected chi connectivity index (χ3v) is 4.04. The number of hydrogen-bond acceptors (Lipinski definition) is 3. The first-order valence-electron chi connectivity index (χ1n) is 7.71. The number of benzene rings is 2. The normalized spacial score (nSPS) is 12.7. The molecule has 0 aromatic heterocycles. The highest BCUT2D eigenvalue weighted by atomic mass is 35.5. The summed E-state index contributed by atoms with van der Waals surface area (Å²) in [7, 11) is 3.44. The Kier molecular flexibility index (Phi) is 7.75. The van der Waals surface area contributed by atoms with Gasteiger partial charge in [-0.05, 0) is 23.3 Å². The van der Waals surface area contributed by atoms with Crippen LogP contribution in [0.1, 0.15) is 24.1 Å². The molecule has 2 aromatic carbocycles. The molecular formula is C19H25ClN2O2. The molecule has 2 atom stereocenters. The molecule has 4 nitrogen and oxygen atoms in total. The predicted molar refractivity (Wildman–Crippen MR) is 99.3 cm³/mol. The Labute approximate surface area is 150 Å². The topological polar surface area (TPSA) is 55.6 Å². The zero-order valence-corrected chi connectivity index (χ0v) is 15.1. The average Bonchev–Trinajstić information content (AvgIpc) is 2.60. The first-order chi connectivity index (χ1) is 11.0. The molecule has 1 amide bonds. The Morgan fingerprint density at radius 3 is 2.46 bits per heavy atom. The van der Waals surface area contributed by atoms with Gasteiger partial charge in [-0.15, -0.1) is 12.4 Å². The minimum Gasteiger partial charge on any atom is -0.497 e. The lowest BCUT2D eigenvalue weighted by Crippen LogP contribution is -2.36. The van der Waals surface area contributed by atoms with Crippen LogP contribution in [0.15, 0.2) is 54.6 Å². The van der Waals surface area contributed by atoms with Gasteiger partial charge in [0.05, 0.1) is 13.0 Å². The monoisotopic (exact) mass is 348 g/mol. The van der Waals surface area contributed by atoms with Crippen molar-refractivity contribution in [2.24, 2.45) is 11.7 Å². The van der Waals surface area contributed by atoms with Gasteiger partial charge in [0.25, 0.3) is 0 Å². The van der Waals surface area contributed by atoms with Crippen molar-refractivity contribution in [2.75, 3.05) is 14.2 Å². The number of hydrogen-bond donors (Lipinski definition) is 1. The van der Waals surface area contributed by atoms with Crippen molar-refractivity contribution >= 4 is 18.3 Å². The number of ether oxygens (including phenoxy) is 1. The molecule has 0 radical (unpaired) electrons. The van der Waals surface area contributed by atoms with Crippen LogP contribution in [0.5, 0.6) is 5.75 Å². The van der Waals surface area contributed by atoms with E-state index in [2.05, 4.69) is 0 Å². The Morgan fingerprint density at radius 2 is 1.83 bits per heavy atom. The zero-order valence-electron chi connectivity index (χ0n) is 14.3. The molecule has 2 aromatic rings. The van der Waals surface area contributed by atoms with E-state index in [1.165, 1.54) is 0 Å². The van der Waals surface area contributed by atoms with Crippen molar-refractivity contribution < 1.29 is 9.53 Å². The van der Waals surface area contributed by atoms with Crippen LogP contribution in [-0.2, 0) is 11.3 Å². The summed E-state index contributed by atoms with van der Waals surface area (Å²) in [6.45, 7) is 2.41. The standard InChI is InChI=1S/C19H24N2O2.ClH/c1-14(18(20)16-9-5-4-6-10-16)19(22)21(2)13-15-8-7-11-17(12-15)23-3;/h4-12,14,18H,13,20H2,1-3H3;1H. The molecule has 0 bridgehead atoms. The van der Waals surface area contributed by atoms with E-state index in [9.17, 15) is 4.79 Å². The number of amides is 1. The molecule has 0 saturated heterocycles. The second-order valence-corrected chi connectivity index (χ2v) is 5.77. The lowest BCUT2D eigenvalue weighted by Gasteiger charge is -2.25. The Bertz CT molecular complexity index is 649. The van der Waals surface area contributed by atoms with Crippen LogP contribution in [0.4, 0.5) is 0 Å². The highest BCUT2D eigenvalue weighted by Crippen LogP contribution is 2.22. The summed E-state index contributed by atoms with van der Waals surface area (Å²) in [4.78, 5) is 14.3. The molecule has 0 heterocycles. The fraction of sp³-hybridized carbons (Fsp3) is 0.316. The first-order valence-corrected chi connectivity index (χ1v) is 7.71. The SMILES string of the molecule is COc1cccc(CN(C)C(=O)C(C)C(N)c2ccccc2)c1.Cl. The number of nitrogens with zero attached hydrogens (tertiary/aromatic N) is 1. The minimum absolute atomic E-state index is 0. The summed E-state index contributed by atoms with van der Waals surface area (Å²) in [6, 6.07) is 17.1. The fourth-order valence-corrected chi connectivity index (χ4v) is 2.59. The molecule has 24 heavy (non-hydrogen) atoms. The molecule has 2 rings (SSSR count). The van der Waals surface area contributed by atoms with Crippen LogP contribution in [0.25, 0.3) is 0 Å². The van der Waals surface area contributed by atoms with E-state index >= 15 is 0 Å². The predicted octanol–water partition coefficient (Wildman–Crippen LogP) is 3.41. The second-order valence-electron chi connectivity index (χ2n) is 5.77. The van der Waals surface area contributed by atoms with Crippen LogP contribution < -0.4 is 10.5 Å². The van der Waals surface area contributed by atoms with E-state index in [1.54, 1.807) is 19.1 Å². The lowest BCUT2D eigenvalue weighted by atomic mass is 9.94. The number of carbonyl (C=O) groups excluding carboxylic acids is 1. The summed E-state index contributed by atoms with van der Waals surface area (Å²) < 4.78 is 5.22. The third kappa shape index (κ3) is 4.98. The van der Waals surface area contributed by atoms with Crippen LogP contribution in [0.2, 0.25) is 0 Å². The second kappa shape index (κ2) is 9.30. The minimum atomic E-state index is -0.309. The summed E-state index contributed by atoms with van der Waals surface area (Å²) >= 11 is 0. The van der Waals surface area contributed by atoms with E-state index < -0.39 is 0 Å². The summed E-state index contributed by atoms with van der Waals surface area (Å²) in [5.41, 5.74) is 8.25. The highest BCUT2D eigenvalue weighted by molar-refractivity contribution is 5.85. The van der Waals surface area contributed by atoms with E-state index in [-0.39, 0.29) is 30.3 Å². The van der Waals surface area contributed by atoms with Gasteiger partial charge in [0.15, 0.2) is 0 Å². The Hall–Kier alpha value is -2.04. The first kappa shape index (κ1) is 20.0. The molecule has 2 N–H and O–H groups in total.